The van der Waals surface area contributed by atoms with Crippen LogP contribution in [0.4, 0.5) is 13.2 Å². The van der Waals surface area contributed by atoms with E-state index in [1.54, 1.807) is 17.2 Å². The lowest BCUT2D eigenvalue weighted by Crippen LogP contribution is -2.40. The molecule has 8 heteroatoms. The molecule has 2 aliphatic rings. The van der Waals surface area contributed by atoms with E-state index >= 15 is 0 Å². The van der Waals surface area contributed by atoms with Crippen LogP contribution in [0, 0.1) is 0 Å². The fourth-order valence-electron chi connectivity index (χ4n) is 3.50. The van der Waals surface area contributed by atoms with Crippen molar-refractivity contribution in [1.29, 1.82) is 0 Å². The van der Waals surface area contributed by atoms with Crippen LogP contribution >= 0.6 is 0 Å². The Morgan fingerprint density at radius 2 is 2.08 bits per heavy atom. The van der Waals surface area contributed by atoms with Crippen LogP contribution in [0.25, 0.3) is 0 Å². The Morgan fingerprint density at radius 1 is 1.29 bits per heavy atom. The van der Waals surface area contributed by atoms with Gasteiger partial charge in [-0.1, -0.05) is 6.07 Å². The van der Waals surface area contributed by atoms with Gasteiger partial charge in [-0.3, -0.25) is 14.6 Å². The number of amides is 2. The monoisotopic (exact) mass is 341 g/mol. The van der Waals surface area contributed by atoms with Gasteiger partial charge in [0.2, 0.25) is 11.8 Å². The van der Waals surface area contributed by atoms with Crippen LogP contribution in [-0.4, -0.2) is 51.4 Å². The molecule has 0 bridgehead atoms. The second-order valence-electron chi connectivity index (χ2n) is 6.17. The van der Waals surface area contributed by atoms with Gasteiger partial charge in [0, 0.05) is 25.6 Å². The van der Waals surface area contributed by atoms with E-state index < -0.39 is 24.9 Å². The standard InChI is InChI=1S/C16H18F3N3O2/c17-16(18,19)6-4-14(23)21-8-5-12-13(21)9-15(24)22(12)10-11-3-1-2-7-20-11/h1-3,7,12-13H,4-6,8-10H2/t12-,13-/m0/s1. The van der Waals surface area contributed by atoms with Gasteiger partial charge in [-0.2, -0.15) is 13.2 Å². The first-order valence-electron chi connectivity index (χ1n) is 7.91. The molecule has 0 N–H and O–H groups in total. The maximum atomic E-state index is 12.3. The molecule has 0 unspecified atom stereocenters. The molecule has 1 aromatic heterocycles. The van der Waals surface area contributed by atoms with E-state index in [-0.39, 0.29) is 24.4 Å². The molecule has 0 aliphatic carbocycles. The molecule has 2 amide bonds. The van der Waals surface area contributed by atoms with Crippen molar-refractivity contribution in [2.75, 3.05) is 6.54 Å². The molecule has 24 heavy (non-hydrogen) atoms. The Hall–Kier alpha value is -2.12. The molecule has 2 saturated heterocycles. The molecule has 2 atom stereocenters. The van der Waals surface area contributed by atoms with E-state index in [0.717, 1.165) is 5.69 Å². The molecule has 0 radical (unpaired) electrons. The first kappa shape index (κ1) is 16.7. The molecule has 5 nitrogen and oxygen atoms in total. The molecule has 0 saturated carbocycles. The Bertz CT molecular complexity index is 621. The van der Waals surface area contributed by atoms with Gasteiger partial charge >= 0.3 is 6.18 Å². The topological polar surface area (TPSA) is 53.5 Å². The summed E-state index contributed by atoms with van der Waals surface area (Å²) in [6.45, 7) is 0.767. The lowest BCUT2D eigenvalue weighted by molar-refractivity contribution is -0.149. The zero-order valence-corrected chi connectivity index (χ0v) is 13.0. The first-order valence-corrected chi connectivity index (χ1v) is 7.91. The van der Waals surface area contributed by atoms with Crippen LogP contribution < -0.4 is 0 Å². The Labute approximate surface area is 137 Å². The van der Waals surface area contributed by atoms with E-state index in [1.165, 1.54) is 4.90 Å². The van der Waals surface area contributed by atoms with E-state index in [0.29, 0.717) is 19.5 Å². The van der Waals surface area contributed by atoms with Crippen molar-refractivity contribution >= 4 is 11.8 Å². The zero-order valence-electron chi connectivity index (χ0n) is 13.0. The summed E-state index contributed by atoms with van der Waals surface area (Å²) in [5.74, 6) is -0.601. The molecule has 0 aromatic carbocycles. The molecule has 2 fully saturated rings. The van der Waals surface area contributed by atoms with Crippen LogP contribution in [0.1, 0.15) is 31.4 Å². The average molecular weight is 341 g/mol. The minimum atomic E-state index is -4.34. The predicted molar refractivity (Wildman–Crippen MR) is 78.6 cm³/mol. The summed E-state index contributed by atoms with van der Waals surface area (Å²) in [7, 11) is 0. The normalized spacial score (nSPS) is 23.7. The third-order valence-electron chi connectivity index (χ3n) is 4.62. The highest BCUT2D eigenvalue weighted by Crippen LogP contribution is 2.34. The summed E-state index contributed by atoms with van der Waals surface area (Å²) in [5, 5.41) is 0. The summed E-state index contributed by atoms with van der Waals surface area (Å²) < 4.78 is 36.9. The number of carbonyl (C=O) groups is 2. The number of aromatic nitrogens is 1. The quantitative estimate of drug-likeness (QED) is 0.843. The van der Waals surface area contributed by atoms with E-state index in [2.05, 4.69) is 4.98 Å². The zero-order chi connectivity index (χ0) is 17.3. The average Bonchev–Trinajstić information content (AvgIpc) is 3.06. The van der Waals surface area contributed by atoms with Gasteiger partial charge in [0.1, 0.15) is 0 Å². The van der Waals surface area contributed by atoms with Gasteiger partial charge in [-0.05, 0) is 18.6 Å². The largest absolute Gasteiger partial charge is 0.389 e. The van der Waals surface area contributed by atoms with Crippen LogP contribution in [0.15, 0.2) is 24.4 Å². The number of carbonyl (C=O) groups excluding carboxylic acids is 2. The second kappa shape index (κ2) is 6.41. The van der Waals surface area contributed by atoms with Crippen LogP contribution in [0.5, 0.6) is 0 Å². The van der Waals surface area contributed by atoms with Crippen molar-refractivity contribution in [3.8, 4) is 0 Å². The minimum Gasteiger partial charge on any atom is -0.337 e. The first-order chi connectivity index (χ1) is 11.3. The summed E-state index contributed by atoms with van der Waals surface area (Å²) >= 11 is 0. The van der Waals surface area contributed by atoms with Gasteiger partial charge in [0.25, 0.3) is 0 Å². The number of nitrogens with zero attached hydrogens (tertiary/aromatic N) is 3. The van der Waals surface area contributed by atoms with E-state index in [9.17, 15) is 22.8 Å². The SMILES string of the molecule is O=C(CCC(F)(F)F)N1CC[C@H]2[C@@H]1CC(=O)N2Cc1ccccn1. The Morgan fingerprint density at radius 3 is 2.75 bits per heavy atom. The summed E-state index contributed by atoms with van der Waals surface area (Å²) in [6.07, 6.45) is -3.59. The highest BCUT2D eigenvalue weighted by atomic mass is 19.4. The smallest absolute Gasteiger partial charge is 0.337 e. The second-order valence-corrected chi connectivity index (χ2v) is 6.17. The molecule has 2 aliphatic heterocycles. The third-order valence-corrected chi connectivity index (χ3v) is 4.62. The molecule has 3 heterocycles. The Kier molecular flexibility index (Phi) is 4.47. The van der Waals surface area contributed by atoms with Crippen LogP contribution in [0.2, 0.25) is 0 Å². The lowest BCUT2D eigenvalue weighted by atomic mass is 10.1. The van der Waals surface area contributed by atoms with Crippen molar-refractivity contribution in [1.82, 2.24) is 14.8 Å². The third kappa shape index (κ3) is 3.52. The molecule has 0 spiro atoms. The van der Waals surface area contributed by atoms with Crippen LogP contribution in [-0.2, 0) is 16.1 Å². The lowest BCUT2D eigenvalue weighted by Gasteiger charge is -2.25. The van der Waals surface area contributed by atoms with Gasteiger partial charge in [0.15, 0.2) is 0 Å². The van der Waals surface area contributed by atoms with Crippen molar-refractivity contribution in [2.24, 2.45) is 0 Å². The van der Waals surface area contributed by atoms with Crippen LogP contribution in [0.3, 0.4) is 0 Å². The number of pyridine rings is 1. The Balaban J connectivity index is 1.64. The summed E-state index contributed by atoms with van der Waals surface area (Å²) in [4.78, 5) is 31.7. The van der Waals surface area contributed by atoms with Crippen molar-refractivity contribution in [3.63, 3.8) is 0 Å². The number of likely N-dealkylation sites (tertiary alicyclic amines) is 2. The highest BCUT2D eigenvalue weighted by molar-refractivity contribution is 5.83. The van der Waals surface area contributed by atoms with E-state index in [4.69, 9.17) is 0 Å². The number of fused-ring (bicyclic) bond motifs is 1. The van der Waals surface area contributed by atoms with Gasteiger partial charge in [-0.25, -0.2) is 0 Å². The van der Waals surface area contributed by atoms with Crippen molar-refractivity contribution < 1.29 is 22.8 Å². The summed E-state index contributed by atoms with van der Waals surface area (Å²) in [6, 6.07) is 5.00. The number of hydrogen-bond donors (Lipinski definition) is 0. The fraction of sp³-hybridized carbons (Fsp3) is 0.562. The van der Waals surface area contributed by atoms with Gasteiger partial charge < -0.3 is 9.80 Å². The molecular formula is C16H18F3N3O2. The van der Waals surface area contributed by atoms with Gasteiger partial charge in [0.05, 0.1) is 30.7 Å². The maximum absolute atomic E-state index is 12.3. The number of alkyl halides is 3. The summed E-state index contributed by atoms with van der Waals surface area (Å²) in [5.41, 5.74) is 0.758. The molecule has 3 rings (SSSR count). The minimum absolute atomic E-state index is 0.0797. The number of rotatable bonds is 4. The maximum Gasteiger partial charge on any atom is 0.389 e. The van der Waals surface area contributed by atoms with Gasteiger partial charge in [-0.15, -0.1) is 0 Å². The predicted octanol–water partition coefficient (Wildman–Crippen LogP) is 2.13. The highest BCUT2D eigenvalue weighted by Gasteiger charge is 2.48. The molecule has 130 valence electrons. The molecule has 1 aromatic rings. The van der Waals surface area contributed by atoms with Crippen molar-refractivity contribution in [3.05, 3.63) is 30.1 Å². The fourth-order valence-corrected chi connectivity index (χ4v) is 3.50. The molecular weight excluding hydrogens is 323 g/mol. The number of hydrogen-bond acceptors (Lipinski definition) is 3. The number of halogens is 3. The van der Waals surface area contributed by atoms with Crippen molar-refractivity contribution in [2.45, 2.75) is 50.5 Å². The van der Waals surface area contributed by atoms with E-state index in [1.807, 2.05) is 12.1 Å².